The molecule has 0 aromatic heterocycles. The third-order valence-electron chi connectivity index (χ3n) is 1.20. The molecule has 0 amide bonds. The molecule has 0 fully saturated rings. The van der Waals surface area contributed by atoms with Gasteiger partial charge in [0.1, 0.15) is 5.82 Å². The number of carboxylic acid groups (broad SMARTS) is 1. The zero-order valence-corrected chi connectivity index (χ0v) is 7.18. The van der Waals surface area contributed by atoms with E-state index in [1.54, 1.807) is 19.1 Å². The van der Waals surface area contributed by atoms with Gasteiger partial charge in [0.15, 0.2) is 0 Å². The predicted molar refractivity (Wildman–Crippen MR) is 44.8 cm³/mol. The van der Waals surface area contributed by atoms with E-state index < -0.39 is 0 Å². The lowest BCUT2D eigenvalue weighted by molar-refractivity contribution is -0.122. The highest BCUT2D eigenvalue weighted by Gasteiger charge is 1.97. The Labute approximate surface area is 74.6 Å². The first kappa shape index (κ1) is 10.9. The van der Waals surface area contributed by atoms with Crippen LogP contribution in [0.5, 0.6) is 0 Å². The first-order valence-electron chi connectivity index (χ1n) is 3.12. The van der Waals surface area contributed by atoms with Crippen molar-refractivity contribution in [3.8, 4) is 0 Å². The van der Waals surface area contributed by atoms with Gasteiger partial charge in [-0.3, -0.25) is 4.79 Å². The normalized spacial score (nSPS) is 8.25. The number of rotatable bonds is 0. The number of halogens is 2. The summed E-state index contributed by atoms with van der Waals surface area (Å²) in [5, 5.41) is 7.37. The van der Waals surface area contributed by atoms with Gasteiger partial charge in [0, 0.05) is 10.6 Å². The van der Waals surface area contributed by atoms with Gasteiger partial charge in [-0.1, -0.05) is 17.7 Å². The molecule has 0 saturated heterocycles. The van der Waals surface area contributed by atoms with Crippen molar-refractivity contribution in [2.75, 3.05) is 0 Å². The Bertz CT molecular complexity index is 243. The third-order valence-corrected chi connectivity index (χ3v) is 1.61. The van der Waals surface area contributed by atoms with Crippen molar-refractivity contribution in [3.05, 3.63) is 34.6 Å². The molecule has 0 bridgehead atoms. The Balaban J connectivity index is 0.000000354. The third kappa shape index (κ3) is 3.34. The van der Waals surface area contributed by atoms with Crippen molar-refractivity contribution in [1.29, 1.82) is 0 Å². The highest BCUT2D eigenvalue weighted by Crippen LogP contribution is 2.16. The van der Waals surface area contributed by atoms with Gasteiger partial charge < -0.3 is 5.11 Å². The standard InChI is InChI=1S/C7H6ClF.CH2O2/c1-5-6(8)3-2-4-7(5)9;2-1-3/h2-4H,1H3;1H,(H,2,3). The van der Waals surface area contributed by atoms with Crippen molar-refractivity contribution in [2.24, 2.45) is 0 Å². The summed E-state index contributed by atoms with van der Waals surface area (Å²) in [5.74, 6) is -0.248. The summed E-state index contributed by atoms with van der Waals surface area (Å²) in [6, 6.07) is 4.64. The lowest BCUT2D eigenvalue weighted by Gasteiger charge is -1.95. The minimum Gasteiger partial charge on any atom is -0.483 e. The molecule has 0 saturated carbocycles. The smallest absolute Gasteiger partial charge is 0.290 e. The minimum atomic E-state index is -0.250. The summed E-state index contributed by atoms with van der Waals surface area (Å²) in [4.78, 5) is 8.36. The van der Waals surface area contributed by atoms with Gasteiger partial charge in [-0.25, -0.2) is 4.39 Å². The van der Waals surface area contributed by atoms with E-state index in [4.69, 9.17) is 21.5 Å². The van der Waals surface area contributed by atoms with Crippen LogP contribution in [-0.2, 0) is 4.79 Å². The Morgan fingerprint density at radius 3 is 2.42 bits per heavy atom. The van der Waals surface area contributed by atoms with E-state index in [2.05, 4.69) is 0 Å². The molecule has 0 radical (unpaired) electrons. The molecule has 0 aliphatic heterocycles. The Kier molecular flexibility index (Phi) is 5.04. The average Bonchev–Trinajstić information content (AvgIpc) is 2.02. The number of benzene rings is 1. The molecule has 0 atom stereocenters. The van der Waals surface area contributed by atoms with Crippen LogP contribution in [0.25, 0.3) is 0 Å². The first-order valence-corrected chi connectivity index (χ1v) is 3.49. The molecule has 0 aliphatic carbocycles. The maximum Gasteiger partial charge on any atom is 0.290 e. The van der Waals surface area contributed by atoms with Crippen molar-refractivity contribution < 1.29 is 14.3 Å². The molecule has 0 spiro atoms. The van der Waals surface area contributed by atoms with Gasteiger partial charge >= 0.3 is 0 Å². The molecule has 2 nitrogen and oxygen atoms in total. The van der Waals surface area contributed by atoms with Crippen LogP contribution in [0.3, 0.4) is 0 Å². The predicted octanol–water partition coefficient (Wildman–Crippen LogP) is 2.49. The second kappa shape index (κ2) is 5.55. The maximum absolute atomic E-state index is 12.5. The second-order valence-electron chi connectivity index (χ2n) is 1.95. The van der Waals surface area contributed by atoms with Crippen LogP contribution in [0.15, 0.2) is 18.2 Å². The molecule has 0 aliphatic rings. The van der Waals surface area contributed by atoms with Crippen LogP contribution in [0.2, 0.25) is 5.02 Å². The number of hydrogen-bond donors (Lipinski definition) is 1. The lowest BCUT2D eigenvalue weighted by Crippen LogP contribution is -1.80. The quantitative estimate of drug-likeness (QED) is 0.639. The molecule has 4 heteroatoms. The van der Waals surface area contributed by atoms with Gasteiger partial charge in [-0.15, -0.1) is 0 Å². The lowest BCUT2D eigenvalue weighted by atomic mass is 10.2. The SMILES string of the molecule is Cc1c(F)cccc1Cl.O=CO. The molecule has 1 aromatic carbocycles. The van der Waals surface area contributed by atoms with Crippen molar-refractivity contribution >= 4 is 18.1 Å². The van der Waals surface area contributed by atoms with E-state index >= 15 is 0 Å². The van der Waals surface area contributed by atoms with Crippen molar-refractivity contribution in [1.82, 2.24) is 0 Å². The Hall–Kier alpha value is -1.09. The second-order valence-corrected chi connectivity index (χ2v) is 2.36. The van der Waals surface area contributed by atoms with Gasteiger partial charge in [0.25, 0.3) is 6.47 Å². The van der Waals surface area contributed by atoms with Crippen LogP contribution >= 0.6 is 11.6 Å². The highest BCUT2D eigenvalue weighted by atomic mass is 35.5. The molecule has 12 heavy (non-hydrogen) atoms. The highest BCUT2D eigenvalue weighted by molar-refractivity contribution is 6.31. The summed E-state index contributed by atoms with van der Waals surface area (Å²) in [6.45, 7) is 1.40. The fourth-order valence-electron chi connectivity index (χ4n) is 0.581. The van der Waals surface area contributed by atoms with Gasteiger partial charge in [0.2, 0.25) is 0 Å². The zero-order chi connectivity index (χ0) is 9.56. The maximum atomic E-state index is 12.5. The molecule has 1 rings (SSSR count). The average molecular weight is 191 g/mol. The summed E-state index contributed by atoms with van der Waals surface area (Å²) in [6.07, 6.45) is 0. The van der Waals surface area contributed by atoms with Crippen LogP contribution < -0.4 is 0 Å². The largest absolute Gasteiger partial charge is 0.483 e. The van der Waals surface area contributed by atoms with Gasteiger partial charge in [0.05, 0.1) is 0 Å². The van der Waals surface area contributed by atoms with E-state index in [9.17, 15) is 4.39 Å². The topological polar surface area (TPSA) is 37.3 Å². The van der Waals surface area contributed by atoms with Gasteiger partial charge in [-0.2, -0.15) is 0 Å². The molecule has 0 heterocycles. The van der Waals surface area contributed by atoms with E-state index in [-0.39, 0.29) is 12.3 Å². The zero-order valence-electron chi connectivity index (χ0n) is 6.42. The summed E-state index contributed by atoms with van der Waals surface area (Å²) in [5.41, 5.74) is 0.513. The van der Waals surface area contributed by atoms with Crippen LogP contribution in [-0.4, -0.2) is 11.6 Å². The summed E-state index contributed by atoms with van der Waals surface area (Å²) >= 11 is 5.57. The molecule has 1 N–H and O–H groups in total. The molecule has 1 aromatic rings. The number of hydrogen-bond acceptors (Lipinski definition) is 1. The fourth-order valence-corrected chi connectivity index (χ4v) is 0.744. The van der Waals surface area contributed by atoms with Crippen LogP contribution in [0, 0.1) is 12.7 Å². The number of carbonyl (C=O) groups is 1. The monoisotopic (exact) mass is 190 g/mol. The summed E-state index contributed by atoms with van der Waals surface area (Å²) in [7, 11) is 0. The Morgan fingerprint density at radius 2 is 2.08 bits per heavy atom. The first-order chi connectivity index (χ1) is 5.63. The van der Waals surface area contributed by atoms with Gasteiger partial charge in [-0.05, 0) is 19.1 Å². The molecular formula is C8H8ClFO2. The van der Waals surface area contributed by atoms with Crippen LogP contribution in [0.1, 0.15) is 5.56 Å². The molecular weight excluding hydrogens is 183 g/mol. The van der Waals surface area contributed by atoms with E-state index in [0.717, 1.165) is 0 Å². The van der Waals surface area contributed by atoms with Crippen LogP contribution in [0.4, 0.5) is 4.39 Å². The summed E-state index contributed by atoms with van der Waals surface area (Å²) < 4.78 is 12.5. The van der Waals surface area contributed by atoms with E-state index in [0.29, 0.717) is 10.6 Å². The van der Waals surface area contributed by atoms with Crippen molar-refractivity contribution in [2.45, 2.75) is 6.92 Å². The Morgan fingerprint density at radius 1 is 1.58 bits per heavy atom. The van der Waals surface area contributed by atoms with E-state index in [1.165, 1.54) is 6.07 Å². The minimum absolute atomic E-state index is 0.248. The fraction of sp³-hybridized carbons (Fsp3) is 0.125. The molecule has 0 unspecified atom stereocenters. The molecule has 66 valence electrons. The van der Waals surface area contributed by atoms with E-state index in [1.807, 2.05) is 0 Å². The van der Waals surface area contributed by atoms with Crippen molar-refractivity contribution in [3.63, 3.8) is 0 Å².